The number of amides is 1. The Balaban J connectivity index is 1.83. The van der Waals surface area contributed by atoms with E-state index in [2.05, 4.69) is 15.2 Å². The summed E-state index contributed by atoms with van der Waals surface area (Å²) in [6.07, 6.45) is 3.50. The van der Waals surface area contributed by atoms with Gasteiger partial charge in [-0.2, -0.15) is 5.10 Å². The maximum Gasteiger partial charge on any atom is 0.338 e. The van der Waals surface area contributed by atoms with E-state index >= 15 is 0 Å². The van der Waals surface area contributed by atoms with Crippen LogP contribution in [0, 0.1) is 10.1 Å². The molecule has 0 aliphatic carbocycles. The Bertz CT molecular complexity index is 1030. The number of nitrogens with one attached hydrogen (secondary N) is 1. The van der Waals surface area contributed by atoms with Crippen molar-refractivity contribution in [3.8, 4) is 0 Å². The molecule has 0 unspecified atom stereocenters. The first kappa shape index (κ1) is 18.8. The van der Waals surface area contributed by atoms with Gasteiger partial charge in [0.1, 0.15) is 0 Å². The number of methoxy groups -OCH3 is 1. The molecule has 3 aromatic rings. The summed E-state index contributed by atoms with van der Waals surface area (Å²) < 4.78 is 6.33. The molecule has 0 saturated carbocycles. The average molecular weight is 380 g/mol. The number of nitro benzene ring substituents is 1. The molecule has 9 heteroatoms. The van der Waals surface area contributed by atoms with Gasteiger partial charge in [-0.15, -0.1) is 0 Å². The molecular weight excluding hydrogens is 364 g/mol. The highest BCUT2D eigenvalue weighted by Crippen LogP contribution is 2.20. The lowest BCUT2D eigenvalue weighted by Gasteiger charge is -2.09. The minimum Gasteiger partial charge on any atom is -0.465 e. The predicted molar refractivity (Wildman–Crippen MR) is 100 cm³/mol. The Morgan fingerprint density at radius 2 is 1.96 bits per heavy atom. The molecule has 1 N–H and O–H groups in total. The van der Waals surface area contributed by atoms with E-state index in [1.807, 2.05) is 18.3 Å². The van der Waals surface area contributed by atoms with Gasteiger partial charge in [0.25, 0.3) is 11.6 Å². The number of ether oxygens (including phenoxy) is 1. The topological polar surface area (TPSA) is 116 Å². The molecule has 1 heterocycles. The molecule has 0 saturated heterocycles. The number of esters is 1. The van der Waals surface area contributed by atoms with Crippen LogP contribution in [-0.2, 0) is 11.3 Å². The van der Waals surface area contributed by atoms with Gasteiger partial charge in [0.15, 0.2) is 0 Å². The second-order valence-corrected chi connectivity index (χ2v) is 5.88. The van der Waals surface area contributed by atoms with Crippen molar-refractivity contribution in [2.24, 2.45) is 0 Å². The van der Waals surface area contributed by atoms with Gasteiger partial charge in [0.2, 0.25) is 0 Å². The molecule has 9 nitrogen and oxygen atoms in total. The second-order valence-electron chi connectivity index (χ2n) is 5.88. The smallest absolute Gasteiger partial charge is 0.338 e. The Morgan fingerprint density at radius 1 is 1.18 bits per heavy atom. The summed E-state index contributed by atoms with van der Waals surface area (Å²) >= 11 is 0. The zero-order valence-corrected chi connectivity index (χ0v) is 14.9. The highest BCUT2D eigenvalue weighted by atomic mass is 16.6. The van der Waals surface area contributed by atoms with Crippen molar-refractivity contribution in [2.75, 3.05) is 12.4 Å². The van der Waals surface area contributed by atoms with E-state index in [1.54, 1.807) is 29.1 Å². The standard InChI is InChI=1S/C19H16N4O5/c1-28-19(25)15-9-14(10-17(11-15)23(26)27)18(24)21-16-5-2-4-13(8-16)12-22-7-3-6-20-22/h2-11H,12H2,1H3,(H,21,24). The summed E-state index contributed by atoms with van der Waals surface area (Å²) in [6, 6.07) is 12.4. The van der Waals surface area contributed by atoms with Crippen LogP contribution < -0.4 is 5.32 Å². The molecule has 0 radical (unpaired) electrons. The van der Waals surface area contributed by atoms with Crippen LogP contribution >= 0.6 is 0 Å². The number of hydrogen-bond donors (Lipinski definition) is 1. The Labute approximate surface area is 159 Å². The molecule has 2 aromatic carbocycles. The third-order valence-corrected chi connectivity index (χ3v) is 3.90. The molecule has 28 heavy (non-hydrogen) atoms. The van der Waals surface area contributed by atoms with Gasteiger partial charge < -0.3 is 10.1 Å². The van der Waals surface area contributed by atoms with Gasteiger partial charge in [0, 0.05) is 35.8 Å². The highest BCUT2D eigenvalue weighted by Gasteiger charge is 2.18. The number of hydrogen-bond acceptors (Lipinski definition) is 6. The zero-order valence-electron chi connectivity index (χ0n) is 14.9. The van der Waals surface area contributed by atoms with Crippen molar-refractivity contribution in [1.29, 1.82) is 0 Å². The van der Waals surface area contributed by atoms with Gasteiger partial charge in [-0.05, 0) is 29.8 Å². The first-order valence-corrected chi connectivity index (χ1v) is 8.22. The van der Waals surface area contributed by atoms with Crippen LogP contribution in [0.4, 0.5) is 11.4 Å². The van der Waals surface area contributed by atoms with Crippen molar-refractivity contribution < 1.29 is 19.2 Å². The van der Waals surface area contributed by atoms with Crippen molar-refractivity contribution >= 4 is 23.3 Å². The van der Waals surface area contributed by atoms with Crippen molar-refractivity contribution in [1.82, 2.24) is 9.78 Å². The number of nitrogens with zero attached hydrogens (tertiary/aromatic N) is 3. The number of rotatable bonds is 6. The highest BCUT2D eigenvalue weighted by molar-refractivity contribution is 6.06. The molecule has 3 rings (SSSR count). The monoisotopic (exact) mass is 380 g/mol. The van der Waals surface area contributed by atoms with Crippen LogP contribution in [0.3, 0.4) is 0 Å². The Hall–Kier alpha value is -4.01. The molecule has 0 spiro atoms. The molecule has 0 bridgehead atoms. The number of carbonyl (C=O) groups is 2. The van der Waals surface area contributed by atoms with Gasteiger partial charge >= 0.3 is 5.97 Å². The van der Waals surface area contributed by atoms with E-state index < -0.39 is 16.8 Å². The number of aromatic nitrogens is 2. The average Bonchev–Trinajstić information content (AvgIpc) is 3.20. The lowest BCUT2D eigenvalue weighted by atomic mass is 10.1. The van der Waals surface area contributed by atoms with Crippen LogP contribution in [0.25, 0.3) is 0 Å². The number of nitro groups is 1. The minimum atomic E-state index is -0.765. The molecule has 0 aliphatic rings. The molecule has 0 aliphatic heterocycles. The molecule has 0 atom stereocenters. The largest absolute Gasteiger partial charge is 0.465 e. The van der Waals surface area contributed by atoms with E-state index in [0.717, 1.165) is 24.8 Å². The fourth-order valence-electron chi connectivity index (χ4n) is 2.62. The van der Waals surface area contributed by atoms with Gasteiger partial charge in [0.05, 0.1) is 24.1 Å². The third-order valence-electron chi connectivity index (χ3n) is 3.90. The summed E-state index contributed by atoms with van der Waals surface area (Å²) in [5.74, 6) is -1.34. The Morgan fingerprint density at radius 3 is 2.64 bits per heavy atom. The molecule has 1 amide bonds. The van der Waals surface area contributed by atoms with E-state index in [1.165, 1.54) is 6.07 Å². The predicted octanol–water partition coefficient (Wildman–Crippen LogP) is 2.88. The summed E-state index contributed by atoms with van der Waals surface area (Å²) in [7, 11) is 1.16. The number of benzene rings is 2. The van der Waals surface area contributed by atoms with Crippen molar-refractivity contribution in [2.45, 2.75) is 6.54 Å². The van der Waals surface area contributed by atoms with Crippen molar-refractivity contribution in [3.63, 3.8) is 0 Å². The maximum absolute atomic E-state index is 12.6. The Kier molecular flexibility index (Phi) is 5.45. The van der Waals surface area contributed by atoms with Crippen LogP contribution in [0.5, 0.6) is 0 Å². The zero-order chi connectivity index (χ0) is 20.1. The molecule has 1 aromatic heterocycles. The van der Waals surface area contributed by atoms with Crippen molar-refractivity contribution in [3.05, 3.63) is 87.7 Å². The summed E-state index contributed by atoms with van der Waals surface area (Å²) in [5, 5.41) is 17.9. The molecular formula is C19H16N4O5. The maximum atomic E-state index is 12.6. The van der Waals surface area contributed by atoms with Gasteiger partial charge in [-0.1, -0.05) is 12.1 Å². The summed E-state index contributed by atoms with van der Waals surface area (Å²) in [4.78, 5) is 34.7. The minimum absolute atomic E-state index is 0.0212. The number of carbonyl (C=O) groups excluding carboxylic acids is 2. The number of non-ortho nitro benzene ring substituents is 1. The van der Waals surface area contributed by atoms with E-state index in [0.29, 0.717) is 12.2 Å². The van der Waals surface area contributed by atoms with Crippen LogP contribution in [0.15, 0.2) is 60.9 Å². The fraction of sp³-hybridized carbons (Fsp3) is 0.105. The summed E-state index contributed by atoms with van der Waals surface area (Å²) in [5.41, 5.74) is 0.957. The van der Waals surface area contributed by atoms with Crippen LogP contribution in [0.1, 0.15) is 26.3 Å². The van der Waals surface area contributed by atoms with Gasteiger partial charge in [-0.3, -0.25) is 19.6 Å². The SMILES string of the molecule is COC(=O)c1cc(C(=O)Nc2cccc(Cn3cccn3)c2)cc([N+](=O)[O-])c1. The lowest BCUT2D eigenvalue weighted by molar-refractivity contribution is -0.384. The second kappa shape index (κ2) is 8.12. The first-order valence-electron chi connectivity index (χ1n) is 8.22. The third kappa shape index (κ3) is 4.39. The van der Waals surface area contributed by atoms with Crippen LogP contribution in [-0.4, -0.2) is 33.7 Å². The molecule has 0 fully saturated rings. The first-order chi connectivity index (χ1) is 13.5. The van der Waals surface area contributed by atoms with Gasteiger partial charge in [-0.25, -0.2) is 4.79 Å². The molecule has 142 valence electrons. The number of anilines is 1. The van der Waals surface area contributed by atoms with Crippen LogP contribution in [0.2, 0.25) is 0 Å². The lowest BCUT2D eigenvalue weighted by Crippen LogP contribution is -2.14. The quantitative estimate of drug-likeness (QED) is 0.399. The van der Waals surface area contributed by atoms with E-state index in [4.69, 9.17) is 0 Å². The fourth-order valence-corrected chi connectivity index (χ4v) is 2.62. The summed E-state index contributed by atoms with van der Waals surface area (Å²) in [6.45, 7) is 0.528. The van der Waals surface area contributed by atoms with E-state index in [9.17, 15) is 19.7 Å². The normalized spacial score (nSPS) is 10.3. The van der Waals surface area contributed by atoms with E-state index in [-0.39, 0.29) is 16.8 Å².